The molecule has 1 aliphatic rings. The summed E-state index contributed by atoms with van der Waals surface area (Å²) in [6.07, 6.45) is 4.84. The summed E-state index contributed by atoms with van der Waals surface area (Å²) < 4.78 is 5.68. The van der Waals surface area contributed by atoms with Crippen molar-refractivity contribution in [1.82, 2.24) is 10.3 Å². The van der Waals surface area contributed by atoms with Crippen molar-refractivity contribution in [3.8, 4) is 6.07 Å². The number of anilines is 2. The van der Waals surface area contributed by atoms with E-state index < -0.39 is 0 Å². The second-order valence-corrected chi connectivity index (χ2v) is 7.82. The third kappa shape index (κ3) is 5.26. The van der Waals surface area contributed by atoms with Crippen LogP contribution in [0.5, 0.6) is 0 Å². The van der Waals surface area contributed by atoms with Crippen LogP contribution in [0, 0.1) is 11.3 Å². The highest BCUT2D eigenvalue weighted by Crippen LogP contribution is 2.28. The van der Waals surface area contributed by atoms with Crippen molar-refractivity contribution in [3.63, 3.8) is 0 Å². The second kappa shape index (κ2) is 9.73. The molecule has 1 aromatic heterocycles. The molecule has 6 nitrogen and oxygen atoms in total. The maximum atomic E-state index is 12.7. The zero-order valence-electron chi connectivity index (χ0n) is 16.7. The van der Waals surface area contributed by atoms with Crippen LogP contribution in [0.1, 0.15) is 60.5 Å². The van der Waals surface area contributed by atoms with Crippen LogP contribution < -0.4 is 10.6 Å². The van der Waals surface area contributed by atoms with Gasteiger partial charge >= 0.3 is 0 Å². The molecule has 1 amide bonds. The molecule has 1 aliphatic heterocycles. The Morgan fingerprint density at radius 1 is 1.41 bits per heavy atom. The van der Waals surface area contributed by atoms with Crippen LogP contribution >= 0.6 is 11.6 Å². The number of hydrogen-bond acceptors (Lipinski definition) is 5. The van der Waals surface area contributed by atoms with Gasteiger partial charge in [0.05, 0.1) is 27.9 Å². The first-order chi connectivity index (χ1) is 14.0. The lowest BCUT2D eigenvalue weighted by Crippen LogP contribution is -2.36. The Hall–Kier alpha value is -2.62. The molecule has 0 aliphatic carbocycles. The fraction of sp³-hybridized carbons (Fsp3) is 0.409. The van der Waals surface area contributed by atoms with E-state index in [2.05, 4.69) is 21.7 Å². The van der Waals surface area contributed by atoms with E-state index in [1.54, 1.807) is 24.4 Å². The van der Waals surface area contributed by atoms with Gasteiger partial charge in [-0.3, -0.25) is 4.79 Å². The number of benzene rings is 1. The molecule has 2 N–H and O–H groups in total. The van der Waals surface area contributed by atoms with E-state index in [0.717, 1.165) is 31.4 Å². The highest BCUT2D eigenvalue weighted by Gasteiger charge is 2.19. The Kier molecular flexibility index (Phi) is 7.08. The normalized spacial score (nSPS) is 16.3. The summed E-state index contributed by atoms with van der Waals surface area (Å²) in [5.41, 5.74) is 2.36. The van der Waals surface area contributed by atoms with Crippen LogP contribution in [-0.2, 0) is 4.74 Å². The van der Waals surface area contributed by atoms with Crippen molar-refractivity contribution in [2.45, 2.75) is 45.1 Å². The molecule has 29 heavy (non-hydrogen) atoms. The number of ether oxygens (including phenoxy) is 1. The van der Waals surface area contributed by atoms with E-state index in [9.17, 15) is 10.1 Å². The number of carbonyl (C=O) groups excluding carboxylic acids is 1. The van der Waals surface area contributed by atoms with Crippen molar-refractivity contribution in [2.24, 2.45) is 0 Å². The first kappa shape index (κ1) is 21.1. The molecule has 2 heterocycles. The molecular formula is C22H25ClN4O2. The van der Waals surface area contributed by atoms with Crippen LogP contribution in [0.25, 0.3) is 0 Å². The highest BCUT2D eigenvalue weighted by molar-refractivity contribution is 6.32. The van der Waals surface area contributed by atoms with E-state index >= 15 is 0 Å². The number of nitrogens with one attached hydrogen (secondary N) is 2. The molecular weight excluding hydrogens is 388 g/mol. The Morgan fingerprint density at radius 2 is 2.24 bits per heavy atom. The maximum absolute atomic E-state index is 12.7. The summed E-state index contributed by atoms with van der Waals surface area (Å²) in [4.78, 5) is 17.1. The number of pyridine rings is 1. The van der Waals surface area contributed by atoms with Crippen molar-refractivity contribution in [1.29, 1.82) is 5.26 Å². The summed E-state index contributed by atoms with van der Waals surface area (Å²) in [5.74, 6) is 0.530. The fourth-order valence-corrected chi connectivity index (χ4v) is 3.57. The standard InChI is InChI=1S/C22H25ClN4O2/c1-14(2)16-10-21(27-20-8-5-7-19(23)17(20)11-24)25-13-18(16)22(28)26-12-15-6-3-4-9-29-15/h5,7-8,10,13-15H,3-4,6,9,12H2,1-2H3,(H,25,27)(H,26,28). The fourth-order valence-electron chi connectivity index (χ4n) is 3.36. The molecule has 0 bridgehead atoms. The zero-order chi connectivity index (χ0) is 20.8. The average molecular weight is 413 g/mol. The van der Waals surface area contributed by atoms with Gasteiger partial charge in [-0.2, -0.15) is 5.26 Å². The summed E-state index contributed by atoms with van der Waals surface area (Å²) in [5, 5.41) is 15.8. The molecule has 0 radical (unpaired) electrons. The van der Waals surface area contributed by atoms with Crippen molar-refractivity contribution in [3.05, 3.63) is 52.2 Å². The van der Waals surface area contributed by atoms with Crippen LogP contribution in [0.15, 0.2) is 30.5 Å². The number of aromatic nitrogens is 1. The number of amides is 1. The lowest BCUT2D eigenvalue weighted by Gasteiger charge is -2.23. The molecule has 1 unspecified atom stereocenters. The van der Waals surface area contributed by atoms with E-state index in [4.69, 9.17) is 16.3 Å². The van der Waals surface area contributed by atoms with Gasteiger partial charge in [-0.25, -0.2) is 4.98 Å². The van der Waals surface area contributed by atoms with Gasteiger partial charge in [0.25, 0.3) is 5.91 Å². The largest absolute Gasteiger partial charge is 0.376 e. The first-order valence-electron chi connectivity index (χ1n) is 9.85. The van der Waals surface area contributed by atoms with Gasteiger partial charge in [-0.15, -0.1) is 0 Å². The minimum absolute atomic E-state index is 0.0799. The van der Waals surface area contributed by atoms with Crippen molar-refractivity contribution < 1.29 is 9.53 Å². The minimum atomic E-state index is -0.151. The number of carbonyl (C=O) groups is 1. The van der Waals surface area contributed by atoms with Gasteiger partial charge in [0.1, 0.15) is 11.9 Å². The van der Waals surface area contributed by atoms with Crippen LogP contribution in [0.3, 0.4) is 0 Å². The van der Waals surface area contributed by atoms with Crippen molar-refractivity contribution >= 4 is 29.0 Å². The summed E-state index contributed by atoms with van der Waals surface area (Å²) in [6, 6.07) is 9.15. The molecule has 7 heteroatoms. The summed E-state index contributed by atoms with van der Waals surface area (Å²) in [6.45, 7) is 5.32. The molecule has 1 fully saturated rings. The number of rotatable bonds is 6. The quantitative estimate of drug-likeness (QED) is 0.713. The molecule has 1 aromatic carbocycles. The SMILES string of the molecule is CC(C)c1cc(Nc2cccc(Cl)c2C#N)ncc1C(=O)NCC1CCCCO1. The lowest BCUT2D eigenvalue weighted by atomic mass is 9.98. The van der Waals surface area contributed by atoms with Crippen molar-refractivity contribution in [2.75, 3.05) is 18.5 Å². The number of nitriles is 1. The predicted molar refractivity (Wildman–Crippen MR) is 114 cm³/mol. The Bertz CT molecular complexity index is 918. The third-order valence-corrected chi connectivity index (χ3v) is 5.27. The Labute approximate surface area is 176 Å². The average Bonchev–Trinajstić information content (AvgIpc) is 2.73. The van der Waals surface area contributed by atoms with E-state index in [1.807, 2.05) is 19.9 Å². The van der Waals surface area contributed by atoms with Crippen LogP contribution in [0.4, 0.5) is 11.5 Å². The van der Waals surface area contributed by atoms with Crippen LogP contribution in [0.2, 0.25) is 5.02 Å². The molecule has 0 saturated carbocycles. The smallest absolute Gasteiger partial charge is 0.253 e. The molecule has 0 spiro atoms. The lowest BCUT2D eigenvalue weighted by molar-refractivity contribution is 0.0169. The number of hydrogen-bond donors (Lipinski definition) is 2. The van der Waals surface area contributed by atoms with Gasteiger partial charge in [0, 0.05) is 19.3 Å². The minimum Gasteiger partial charge on any atom is -0.376 e. The van der Waals surface area contributed by atoms with Gasteiger partial charge in [-0.05, 0) is 48.9 Å². The summed E-state index contributed by atoms with van der Waals surface area (Å²) in [7, 11) is 0. The third-order valence-electron chi connectivity index (χ3n) is 4.96. The highest BCUT2D eigenvalue weighted by atomic mass is 35.5. The zero-order valence-corrected chi connectivity index (χ0v) is 17.4. The Balaban J connectivity index is 1.77. The topological polar surface area (TPSA) is 87.0 Å². The van der Waals surface area contributed by atoms with E-state index in [1.165, 1.54) is 0 Å². The monoisotopic (exact) mass is 412 g/mol. The molecule has 1 saturated heterocycles. The van der Waals surface area contributed by atoms with Gasteiger partial charge in [0.15, 0.2) is 0 Å². The summed E-state index contributed by atoms with van der Waals surface area (Å²) >= 11 is 6.10. The van der Waals surface area contributed by atoms with Gasteiger partial charge < -0.3 is 15.4 Å². The predicted octanol–water partition coefficient (Wildman–Crippen LogP) is 4.77. The van der Waals surface area contributed by atoms with Gasteiger partial charge in [-0.1, -0.05) is 31.5 Å². The van der Waals surface area contributed by atoms with Gasteiger partial charge in [0.2, 0.25) is 0 Å². The first-order valence-corrected chi connectivity index (χ1v) is 10.2. The molecule has 1 atom stereocenters. The molecule has 3 rings (SSSR count). The number of halogens is 1. The number of nitrogens with zero attached hydrogens (tertiary/aromatic N) is 2. The van der Waals surface area contributed by atoms with E-state index in [-0.39, 0.29) is 17.9 Å². The Morgan fingerprint density at radius 3 is 2.93 bits per heavy atom. The maximum Gasteiger partial charge on any atom is 0.253 e. The van der Waals surface area contributed by atoms with E-state index in [0.29, 0.717) is 34.2 Å². The molecule has 152 valence electrons. The molecule has 2 aromatic rings. The van der Waals surface area contributed by atoms with Crippen LogP contribution in [-0.4, -0.2) is 30.1 Å². The second-order valence-electron chi connectivity index (χ2n) is 7.41.